The zero-order chi connectivity index (χ0) is 26.1. The van der Waals surface area contributed by atoms with Gasteiger partial charge in [-0.1, -0.05) is 66.7 Å². The van der Waals surface area contributed by atoms with Crippen molar-refractivity contribution < 1.29 is 19.2 Å². The van der Waals surface area contributed by atoms with Crippen molar-refractivity contribution in [3.05, 3.63) is 107 Å². The highest BCUT2D eigenvalue weighted by atomic mass is 35.5. The number of hydrogen-bond acceptors (Lipinski definition) is 4. The van der Waals surface area contributed by atoms with Gasteiger partial charge in [-0.25, -0.2) is 0 Å². The molecule has 2 bridgehead atoms. The first-order chi connectivity index (χ1) is 17.7. The molecule has 0 unspecified atom stereocenters. The largest absolute Gasteiger partial charge is 0.274 e. The molecule has 4 amide bonds. The van der Waals surface area contributed by atoms with Gasteiger partial charge in [0.15, 0.2) is 0 Å². The normalized spacial score (nSPS) is 27.7. The van der Waals surface area contributed by atoms with Crippen LogP contribution in [0.15, 0.2) is 78.9 Å². The van der Waals surface area contributed by atoms with E-state index >= 15 is 0 Å². The van der Waals surface area contributed by atoms with E-state index in [-0.39, 0.29) is 0 Å². The fourth-order valence-corrected chi connectivity index (χ4v) is 7.17. The maximum Gasteiger partial charge on any atom is 0.269 e. The van der Waals surface area contributed by atoms with Gasteiger partial charge in [0, 0.05) is 5.56 Å². The lowest BCUT2D eigenvalue weighted by atomic mass is 9.54. The average Bonchev–Trinajstić information content (AvgIpc) is 3.21. The SMILES string of the molecule is C[C@@H](C(=O)NNC(=O)c1ccccc1)N1C(=O)[C@@H]2[C@H](C1=O)C1(Cl)c3ccccc3C2(Cl)c2ccccc21. The summed E-state index contributed by atoms with van der Waals surface area (Å²) in [6.45, 7) is 1.43. The van der Waals surface area contributed by atoms with Crippen LogP contribution < -0.4 is 10.9 Å². The summed E-state index contributed by atoms with van der Waals surface area (Å²) < 4.78 is 0. The Morgan fingerprint density at radius 3 is 1.57 bits per heavy atom. The fraction of sp³-hybridized carbons (Fsp3) is 0.214. The van der Waals surface area contributed by atoms with Crippen molar-refractivity contribution in [2.75, 3.05) is 0 Å². The third-order valence-electron chi connectivity index (χ3n) is 7.72. The number of amides is 4. The van der Waals surface area contributed by atoms with Crippen LogP contribution in [0.3, 0.4) is 0 Å². The zero-order valence-electron chi connectivity index (χ0n) is 19.6. The molecule has 0 spiro atoms. The highest BCUT2D eigenvalue weighted by molar-refractivity contribution is 6.36. The van der Waals surface area contributed by atoms with Crippen LogP contribution in [-0.2, 0) is 24.1 Å². The van der Waals surface area contributed by atoms with E-state index in [4.69, 9.17) is 23.2 Å². The van der Waals surface area contributed by atoms with E-state index in [0.717, 1.165) is 4.90 Å². The Morgan fingerprint density at radius 1 is 0.730 bits per heavy atom. The van der Waals surface area contributed by atoms with Crippen LogP contribution in [0.25, 0.3) is 0 Å². The van der Waals surface area contributed by atoms with Gasteiger partial charge in [-0.05, 0) is 41.3 Å². The smallest absolute Gasteiger partial charge is 0.269 e. The Bertz CT molecular complexity index is 1370. The van der Waals surface area contributed by atoms with Crippen molar-refractivity contribution in [2.45, 2.75) is 22.7 Å². The van der Waals surface area contributed by atoms with Gasteiger partial charge >= 0.3 is 0 Å². The first-order valence-corrected chi connectivity index (χ1v) is 12.6. The summed E-state index contributed by atoms with van der Waals surface area (Å²) in [5.41, 5.74) is 7.72. The first-order valence-electron chi connectivity index (χ1n) is 11.8. The van der Waals surface area contributed by atoms with Crippen LogP contribution in [0.5, 0.6) is 0 Å². The van der Waals surface area contributed by atoms with E-state index in [1.165, 1.54) is 6.92 Å². The topological polar surface area (TPSA) is 95.6 Å². The minimum absolute atomic E-state index is 0.343. The van der Waals surface area contributed by atoms with Crippen molar-refractivity contribution in [1.29, 1.82) is 0 Å². The number of halogens is 2. The molecular formula is C28H21Cl2N3O4. The van der Waals surface area contributed by atoms with E-state index in [1.54, 1.807) is 30.3 Å². The first kappa shape index (κ1) is 23.7. The summed E-state index contributed by atoms with van der Waals surface area (Å²) in [7, 11) is 0. The molecule has 4 aliphatic rings. The molecule has 0 saturated carbocycles. The molecule has 186 valence electrons. The Kier molecular flexibility index (Phi) is 5.23. The lowest BCUT2D eigenvalue weighted by molar-refractivity contribution is -0.147. The van der Waals surface area contributed by atoms with E-state index in [9.17, 15) is 19.2 Å². The van der Waals surface area contributed by atoms with E-state index in [1.807, 2.05) is 48.5 Å². The molecule has 1 fully saturated rings. The second kappa shape index (κ2) is 8.16. The third-order valence-corrected chi connectivity index (χ3v) is 9.01. The van der Waals surface area contributed by atoms with E-state index < -0.39 is 51.3 Å². The number of hydrogen-bond donors (Lipinski definition) is 2. The number of benzene rings is 3. The minimum Gasteiger partial charge on any atom is -0.274 e. The molecule has 3 atom stereocenters. The highest BCUT2D eigenvalue weighted by Gasteiger charge is 2.73. The molecule has 1 saturated heterocycles. The number of carbonyl (C=O) groups excluding carboxylic acids is 4. The van der Waals surface area contributed by atoms with Crippen molar-refractivity contribution in [2.24, 2.45) is 11.8 Å². The highest BCUT2D eigenvalue weighted by Crippen LogP contribution is 2.69. The predicted octanol–water partition coefficient (Wildman–Crippen LogP) is 3.43. The van der Waals surface area contributed by atoms with Gasteiger partial charge in [0.05, 0.1) is 11.8 Å². The third kappa shape index (κ3) is 3.01. The quantitative estimate of drug-likeness (QED) is 0.306. The summed E-state index contributed by atoms with van der Waals surface area (Å²) in [5, 5.41) is 0. The van der Waals surface area contributed by atoms with Crippen LogP contribution in [0.1, 0.15) is 39.5 Å². The maximum absolute atomic E-state index is 13.9. The molecule has 7 rings (SSSR count). The summed E-state index contributed by atoms with van der Waals surface area (Å²) in [4.78, 5) is 51.4. The number of alkyl halides is 2. The summed E-state index contributed by atoms with van der Waals surface area (Å²) >= 11 is 14.8. The van der Waals surface area contributed by atoms with E-state index in [2.05, 4.69) is 10.9 Å². The lowest BCUT2D eigenvalue weighted by Gasteiger charge is -2.54. The molecule has 0 radical (unpaired) electrons. The monoisotopic (exact) mass is 533 g/mol. The summed E-state index contributed by atoms with van der Waals surface area (Å²) in [6, 6.07) is 21.8. The van der Waals surface area contributed by atoms with Gasteiger partial charge in [-0.15, -0.1) is 23.2 Å². The van der Waals surface area contributed by atoms with Gasteiger partial charge < -0.3 is 0 Å². The molecule has 37 heavy (non-hydrogen) atoms. The van der Waals surface area contributed by atoms with Gasteiger partial charge in [-0.2, -0.15) is 0 Å². The Morgan fingerprint density at radius 2 is 1.14 bits per heavy atom. The number of carbonyl (C=O) groups is 4. The Labute approximate surface area is 222 Å². The van der Waals surface area contributed by atoms with Gasteiger partial charge in [0.2, 0.25) is 11.8 Å². The van der Waals surface area contributed by atoms with Crippen LogP contribution in [0.2, 0.25) is 0 Å². The number of rotatable bonds is 3. The van der Waals surface area contributed by atoms with Crippen molar-refractivity contribution in [3.8, 4) is 0 Å². The van der Waals surface area contributed by atoms with Crippen LogP contribution >= 0.6 is 23.2 Å². The number of imide groups is 1. The Balaban J connectivity index is 1.35. The van der Waals surface area contributed by atoms with Crippen molar-refractivity contribution >= 4 is 46.8 Å². The lowest BCUT2D eigenvalue weighted by Crippen LogP contribution is -2.57. The van der Waals surface area contributed by atoms with Crippen molar-refractivity contribution in [3.63, 3.8) is 0 Å². The number of nitrogens with zero attached hydrogens (tertiary/aromatic N) is 1. The molecule has 7 nitrogen and oxygen atoms in total. The van der Waals surface area contributed by atoms with Gasteiger partial charge in [0.25, 0.3) is 11.8 Å². The molecule has 2 N–H and O–H groups in total. The molecular weight excluding hydrogens is 513 g/mol. The molecule has 1 heterocycles. The maximum atomic E-state index is 13.9. The summed E-state index contributed by atoms with van der Waals surface area (Å²) in [6.07, 6.45) is 0. The molecule has 3 aromatic carbocycles. The van der Waals surface area contributed by atoms with Crippen LogP contribution in [-0.4, -0.2) is 34.6 Å². The Hall–Kier alpha value is -3.68. The summed E-state index contributed by atoms with van der Waals surface area (Å²) in [5.74, 6) is -4.40. The number of hydrazine groups is 1. The van der Waals surface area contributed by atoms with Crippen LogP contribution in [0, 0.1) is 11.8 Å². The molecule has 1 aliphatic heterocycles. The second-order valence-corrected chi connectivity index (χ2v) is 10.7. The molecule has 0 aromatic heterocycles. The molecule has 3 aliphatic carbocycles. The second-order valence-electron chi connectivity index (χ2n) is 9.50. The molecule has 9 heteroatoms. The predicted molar refractivity (Wildman–Crippen MR) is 136 cm³/mol. The fourth-order valence-electron chi connectivity index (χ4n) is 6.07. The average molecular weight is 534 g/mol. The standard InChI is InChI=1S/C28H21Cl2N3O4/c1-15(23(34)31-32-24(35)16-9-3-2-4-10-16)33-25(36)21-22(26(33)37)28(30)18-12-6-5-11-17(18)27(21,29)19-13-7-8-14-20(19)28/h2-15,21-22H,1H3,(H,31,34)(H,32,35)/t15-,21-,22+,27?,28?/m0/s1. The molecule has 3 aromatic rings. The number of likely N-dealkylation sites (tertiary alicyclic amines) is 1. The van der Waals surface area contributed by atoms with Gasteiger partial charge in [0.1, 0.15) is 15.8 Å². The van der Waals surface area contributed by atoms with E-state index in [0.29, 0.717) is 27.8 Å². The minimum atomic E-state index is -1.33. The zero-order valence-corrected chi connectivity index (χ0v) is 21.1. The number of nitrogens with one attached hydrogen (secondary N) is 2. The van der Waals surface area contributed by atoms with Crippen molar-refractivity contribution in [1.82, 2.24) is 15.8 Å². The van der Waals surface area contributed by atoms with Gasteiger partial charge in [-0.3, -0.25) is 34.9 Å². The van der Waals surface area contributed by atoms with Crippen LogP contribution in [0.4, 0.5) is 0 Å².